The van der Waals surface area contributed by atoms with Crippen LogP contribution in [0.4, 0.5) is 4.79 Å². The summed E-state index contributed by atoms with van der Waals surface area (Å²) in [5.41, 5.74) is 2.30. The fourth-order valence-electron chi connectivity index (χ4n) is 2.34. The summed E-state index contributed by atoms with van der Waals surface area (Å²) in [6.45, 7) is 5.27. The molecule has 5 nitrogen and oxygen atoms in total. The lowest BCUT2D eigenvalue weighted by atomic mass is 10.1. The van der Waals surface area contributed by atoms with Crippen LogP contribution in [0.15, 0.2) is 18.6 Å². The van der Waals surface area contributed by atoms with Gasteiger partial charge in [0.2, 0.25) is 0 Å². The van der Waals surface area contributed by atoms with Crippen LogP contribution in [0.3, 0.4) is 0 Å². The Morgan fingerprint density at radius 3 is 3.11 bits per heavy atom. The third-order valence-electron chi connectivity index (χ3n) is 3.05. The molecule has 2 N–H and O–H groups in total. The number of amides is 1. The zero-order chi connectivity index (χ0) is 13.1. The molecule has 1 aromatic rings. The third-order valence-corrected chi connectivity index (χ3v) is 3.05. The zero-order valence-electron chi connectivity index (χ0n) is 10.8. The fraction of sp³-hybridized carbons (Fsp3) is 0.538. The van der Waals surface area contributed by atoms with Gasteiger partial charge in [0.05, 0.1) is 18.2 Å². The molecule has 0 saturated carbocycles. The highest BCUT2D eigenvalue weighted by Crippen LogP contribution is 2.28. The van der Waals surface area contributed by atoms with E-state index in [4.69, 9.17) is 5.11 Å². The second-order valence-electron chi connectivity index (χ2n) is 5.14. The van der Waals surface area contributed by atoms with Crippen LogP contribution in [-0.4, -0.2) is 26.8 Å². The minimum atomic E-state index is -0.953. The van der Waals surface area contributed by atoms with Crippen molar-refractivity contribution in [3.8, 4) is 0 Å². The van der Waals surface area contributed by atoms with Crippen molar-refractivity contribution in [2.45, 2.75) is 39.3 Å². The van der Waals surface area contributed by atoms with Gasteiger partial charge in [-0.1, -0.05) is 19.9 Å². The summed E-state index contributed by atoms with van der Waals surface area (Å²) in [4.78, 5) is 14.8. The van der Waals surface area contributed by atoms with Gasteiger partial charge in [0.25, 0.3) is 0 Å². The summed E-state index contributed by atoms with van der Waals surface area (Å²) in [5.74, 6) is 0.563. The van der Waals surface area contributed by atoms with Crippen molar-refractivity contribution in [3.63, 3.8) is 0 Å². The Bertz CT molecular complexity index is 463. The highest BCUT2D eigenvalue weighted by molar-refractivity contribution is 5.69. The normalized spacial score (nSPS) is 19.1. The van der Waals surface area contributed by atoms with Crippen LogP contribution in [0.2, 0.25) is 0 Å². The number of hydrogen-bond donors (Lipinski definition) is 2. The van der Waals surface area contributed by atoms with E-state index < -0.39 is 6.09 Å². The molecule has 0 aliphatic heterocycles. The van der Waals surface area contributed by atoms with Crippen LogP contribution in [-0.2, 0) is 6.54 Å². The summed E-state index contributed by atoms with van der Waals surface area (Å²) >= 11 is 0. The molecule has 1 heterocycles. The molecule has 1 aliphatic rings. The van der Waals surface area contributed by atoms with E-state index in [1.165, 1.54) is 5.57 Å². The van der Waals surface area contributed by atoms with Crippen molar-refractivity contribution < 1.29 is 9.90 Å². The van der Waals surface area contributed by atoms with Gasteiger partial charge in [-0.3, -0.25) is 0 Å². The number of nitrogens with one attached hydrogen (secondary N) is 1. The Morgan fingerprint density at radius 2 is 2.44 bits per heavy atom. The molecule has 1 unspecified atom stereocenters. The van der Waals surface area contributed by atoms with Crippen molar-refractivity contribution >= 4 is 11.7 Å². The summed E-state index contributed by atoms with van der Waals surface area (Å²) < 4.78 is 2.14. The molecule has 1 aliphatic carbocycles. The number of hydrogen-bond acceptors (Lipinski definition) is 2. The molecule has 18 heavy (non-hydrogen) atoms. The maximum Gasteiger partial charge on any atom is 0.404 e. The van der Waals surface area contributed by atoms with Crippen LogP contribution in [0.5, 0.6) is 0 Å². The maximum atomic E-state index is 10.6. The highest BCUT2D eigenvalue weighted by Gasteiger charge is 2.21. The second kappa shape index (κ2) is 5.25. The van der Waals surface area contributed by atoms with E-state index in [9.17, 15) is 4.79 Å². The van der Waals surface area contributed by atoms with Gasteiger partial charge in [-0.2, -0.15) is 0 Å². The predicted octanol–water partition coefficient (Wildman–Crippen LogP) is 2.35. The van der Waals surface area contributed by atoms with Gasteiger partial charge in [-0.15, -0.1) is 0 Å². The van der Waals surface area contributed by atoms with Crippen LogP contribution in [0.1, 0.15) is 32.4 Å². The molecule has 2 rings (SSSR count). The standard InChI is InChI=1S/C13H19N3O2/c1-9(2)7-16-8-14-6-12(16)10-3-4-11(5-10)15-13(17)18/h3,6,8-9,11,15H,4-5,7H2,1-2H3,(H,17,18). The lowest BCUT2D eigenvalue weighted by Crippen LogP contribution is -2.31. The molecular formula is C13H19N3O2. The summed E-state index contributed by atoms with van der Waals surface area (Å²) in [6, 6.07) is -0.0000926. The van der Waals surface area contributed by atoms with E-state index in [-0.39, 0.29) is 6.04 Å². The molecule has 0 radical (unpaired) electrons. The molecule has 1 atom stereocenters. The number of nitrogens with zero attached hydrogens (tertiary/aromatic N) is 2. The number of rotatable bonds is 4. The van der Waals surface area contributed by atoms with Gasteiger partial charge in [0, 0.05) is 12.6 Å². The van der Waals surface area contributed by atoms with Gasteiger partial charge in [-0.05, 0) is 24.3 Å². The van der Waals surface area contributed by atoms with Crippen molar-refractivity contribution in [1.29, 1.82) is 0 Å². The van der Waals surface area contributed by atoms with Gasteiger partial charge < -0.3 is 15.0 Å². The smallest absolute Gasteiger partial charge is 0.404 e. The summed E-state index contributed by atoms with van der Waals surface area (Å²) in [5, 5.41) is 11.2. The number of carboxylic acid groups (broad SMARTS) is 1. The Morgan fingerprint density at radius 1 is 1.67 bits per heavy atom. The number of aromatic nitrogens is 2. The van der Waals surface area contributed by atoms with Crippen LogP contribution < -0.4 is 5.32 Å². The Balaban J connectivity index is 2.05. The third kappa shape index (κ3) is 2.91. The molecular weight excluding hydrogens is 230 g/mol. The fourth-order valence-corrected chi connectivity index (χ4v) is 2.34. The number of imidazole rings is 1. The first-order chi connectivity index (χ1) is 8.56. The lowest BCUT2D eigenvalue weighted by molar-refractivity contribution is 0.190. The lowest BCUT2D eigenvalue weighted by Gasteiger charge is -2.13. The van der Waals surface area contributed by atoms with Crippen LogP contribution >= 0.6 is 0 Å². The van der Waals surface area contributed by atoms with Crippen molar-refractivity contribution in [2.24, 2.45) is 5.92 Å². The first kappa shape index (κ1) is 12.7. The Labute approximate surface area is 107 Å². The molecule has 0 bridgehead atoms. The van der Waals surface area contributed by atoms with Crippen LogP contribution in [0.25, 0.3) is 5.57 Å². The van der Waals surface area contributed by atoms with Gasteiger partial charge in [0.15, 0.2) is 0 Å². The molecule has 0 fully saturated rings. The van der Waals surface area contributed by atoms with E-state index in [0.29, 0.717) is 5.92 Å². The molecule has 0 spiro atoms. The molecule has 0 saturated heterocycles. The molecule has 1 aromatic heterocycles. The van der Waals surface area contributed by atoms with E-state index in [0.717, 1.165) is 25.1 Å². The average molecular weight is 249 g/mol. The molecule has 1 amide bonds. The molecule has 5 heteroatoms. The highest BCUT2D eigenvalue weighted by atomic mass is 16.4. The van der Waals surface area contributed by atoms with E-state index in [2.05, 4.69) is 34.8 Å². The maximum absolute atomic E-state index is 10.6. The Hall–Kier alpha value is -1.78. The van der Waals surface area contributed by atoms with E-state index in [1.54, 1.807) is 0 Å². The molecule has 0 aromatic carbocycles. The Kier molecular flexibility index (Phi) is 3.69. The predicted molar refractivity (Wildman–Crippen MR) is 69.2 cm³/mol. The van der Waals surface area contributed by atoms with E-state index >= 15 is 0 Å². The minimum Gasteiger partial charge on any atom is -0.465 e. The largest absolute Gasteiger partial charge is 0.465 e. The topological polar surface area (TPSA) is 67.2 Å². The van der Waals surface area contributed by atoms with Crippen molar-refractivity contribution in [1.82, 2.24) is 14.9 Å². The zero-order valence-corrected chi connectivity index (χ0v) is 10.8. The van der Waals surface area contributed by atoms with Crippen LogP contribution in [0, 0.1) is 5.92 Å². The number of carbonyl (C=O) groups is 1. The SMILES string of the molecule is CC(C)Cn1cncc1C1=CCC(NC(=O)O)C1. The van der Waals surface area contributed by atoms with Crippen molar-refractivity contribution in [2.75, 3.05) is 0 Å². The van der Waals surface area contributed by atoms with E-state index in [1.807, 2.05) is 12.5 Å². The van der Waals surface area contributed by atoms with Gasteiger partial charge in [0.1, 0.15) is 0 Å². The minimum absolute atomic E-state index is 0.0000926. The summed E-state index contributed by atoms with van der Waals surface area (Å²) in [7, 11) is 0. The van der Waals surface area contributed by atoms with Gasteiger partial charge in [-0.25, -0.2) is 9.78 Å². The molecule has 98 valence electrons. The monoisotopic (exact) mass is 249 g/mol. The average Bonchev–Trinajstić information content (AvgIpc) is 2.85. The quantitative estimate of drug-likeness (QED) is 0.860. The first-order valence-electron chi connectivity index (χ1n) is 6.25. The first-order valence-corrected chi connectivity index (χ1v) is 6.25. The van der Waals surface area contributed by atoms with Crippen molar-refractivity contribution in [3.05, 3.63) is 24.3 Å². The summed E-state index contributed by atoms with van der Waals surface area (Å²) in [6.07, 6.45) is 6.36. The second-order valence-corrected chi connectivity index (χ2v) is 5.14. The van der Waals surface area contributed by atoms with Gasteiger partial charge >= 0.3 is 6.09 Å².